The van der Waals surface area contributed by atoms with Crippen molar-refractivity contribution in [1.82, 2.24) is 5.32 Å². The minimum Gasteiger partial charge on any atom is -0.307 e. The van der Waals surface area contributed by atoms with Gasteiger partial charge in [-0.1, -0.05) is 49.8 Å². The van der Waals surface area contributed by atoms with Gasteiger partial charge in [-0.2, -0.15) is 0 Å². The van der Waals surface area contributed by atoms with Gasteiger partial charge < -0.3 is 5.32 Å². The fraction of sp³-hybridized carbons (Fsp3) is 0.467. The van der Waals surface area contributed by atoms with Gasteiger partial charge in [0.15, 0.2) is 0 Å². The average Bonchev–Trinajstić information content (AvgIpc) is 2.75. The molecule has 0 spiro atoms. The van der Waals surface area contributed by atoms with Crippen LogP contribution in [0.2, 0.25) is 0 Å². The van der Waals surface area contributed by atoms with Gasteiger partial charge in [-0.15, -0.1) is 0 Å². The Balaban J connectivity index is 1.89. The van der Waals surface area contributed by atoms with E-state index in [4.69, 9.17) is 0 Å². The molecule has 1 saturated carbocycles. The van der Waals surface area contributed by atoms with Gasteiger partial charge in [-0.05, 0) is 30.9 Å². The van der Waals surface area contributed by atoms with Crippen molar-refractivity contribution in [2.45, 2.75) is 38.1 Å². The van der Waals surface area contributed by atoms with E-state index < -0.39 is 0 Å². The molecule has 16 heavy (non-hydrogen) atoms. The fourth-order valence-corrected chi connectivity index (χ4v) is 2.43. The maximum absolute atomic E-state index is 4.15. The van der Waals surface area contributed by atoms with E-state index in [1.807, 2.05) is 6.07 Å². The van der Waals surface area contributed by atoms with Crippen molar-refractivity contribution in [3.8, 4) is 0 Å². The zero-order valence-electron chi connectivity index (χ0n) is 10.1. The molecule has 0 bridgehead atoms. The Bertz CT molecular complexity index is 347. The predicted molar refractivity (Wildman–Crippen MR) is 70.4 cm³/mol. The molecule has 1 heteroatoms. The van der Waals surface area contributed by atoms with Crippen LogP contribution < -0.4 is 5.32 Å². The van der Waals surface area contributed by atoms with E-state index >= 15 is 0 Å². The van der Waals surface area contributed by atoms with E-state index in [2.05, 4.69) is 43.1 Å². The molecule has 0 saturated heterocycles. The van der Waals surface area contributed by atoms with Gasteiger partial charge in [0.2, 0.25) is 0 Å². The number of benzene rings is 1. The Hall–Kier alpha value is -1.08. The molecule has 1 nitrogen and oxygen atoms in total. The second-order valence-corrected chi connectivity index (χ2v) is 5.09. The molecular formula is C15H21N. The normalized spacial score (nSPS) is 18.6. The van der Waals surface area contributed by atoms with E-state index in [1.54, 1.807) is 0 Å². The molecule has 86 valence electrons. The van der Waals surface area contributed by atoms with E-state index in [0.29, 0.717) is 5.54 Å². The summed E-state index contributed by atoms with van der Waals surface area (Å²) in [5, 5.41) is 3.66. The van der Waals surface area contributed by atoms with Gasteiger partial charge in [0.05, 0.1) is 0 Å². The highest BCUT2D eigenvalue weighted by Gasteiger charge is 2.27. The first-order valence-corrected chi connectivity index (χ1v) is 6.18. The van der Waals surface area contributed by atoms with Gasteiger partial charge in [-0.3, -0.25) is 0 Å². The molecule has 1 N–H and O–H groups in total. The smallest absolute Gasteiger partial charge is 0.0210 e. The summed E-state index contributed by atoms with van der Waals surface area (Å²) in [5.41, 5.74) is 2.78. The number of hydrogen-bond donors (Lipinski definition) is 1. The summed E-state index contributed by atoms with van der Waals surface area (Å²) >= 11 is 0. The highest BCUT2D eigenvalue weighted by molar-refractivity contribution is 5.64. The molecule has 0 aromatic heterocycles. The van der Waals surface area contributed by atoms with Gasteiger partial charge in [-0.25, -0.2) is 0 Å². The third kappa shape index (κ3) is 2.73. The standard InChI is InChI=1S/C15H21N/c1-13(14-8-4-3-5-9-14)12-16-15(2)10-6-7-11-15/h3-5,8-9,16H,1,6-7,10-12H2,2H3. The molecule has 0 amide bonds. The van der Waals surface area contributed by atoms with E-state index in [-0.39, 0.29) is 0 Å². The Labute approximate surface area is 98.6 Å². The Kier molecular flexibility index (Phi) is 3.45. The van der Waals surface area contributed by atoms with Crippen molar-refractivity contribution in [2.75, 3.05) is 6.54 Å². The third-order valence-corrected chi connectivity index (χ3v) is 3.62. The van der Waals surface area contributed by atoms with E-state index in [9.17, 15) is 0 Å². The summed E-state index contributed by atoms with van der Waals surface area (Å²) in [6, 6.07) is 10.4. The maximum Gasteiger partial charge on any atom is 0.0210 e. The van der Waals surface area contributed by atoms with Crippen LogP contribution >= 0.6 is 0 Å². The fourth-order valence-electron chi connectivity index (χ4n) is 2.43. The van der Waals surface area contributed by atoms with Gasteiger partial charge in [0, 0.05) is 12.1 Å². The molecule has 1 fully saturated rings. The first kappa shape index (κ1) is 11.4. The van der Waals surface area contributed by atoms with Crippen LogP contribution in [0.3, 0.4) is 0 Å². The van der Waals surface area contributed by atoms with Crippen LogP contribution in [0.1, 0.15) is 38.2 Å². The molecule has 1 aromatic rings. The number of rotatable bonds is 4. The highest BCUT2D eigenvalue weighted by atomic mass is 15.0. The van der Waals surface area contributed by atoms with Crippen LogP contribution in [0, 0.1) is 0 Å². The summed E-state index contributed by atoms with van der Waals surface area (Å²) in [7, 11) is 0. The molecule has 1 aliphatic carbocycles. The lowest BCUT2D eigenvalue weighted by Crippen LogP contribution is -2.40. The average molecular weight is 215 g/mol. The van der Waals surface area contributed by atoms with E-state index in [0.717, 1.165) is 6.54 Å². The SMILES string of the molecule is C=C(CNC1(C)CCCC1)c1ccccc1. The molecule has 1 aliphatic rings. The van der Waals surface area contributed by atoms with Gasteiger partial charge in [0.1, 0.15) is 0 Å². The second-order valence-electron chi connectivity index (χ2n) is 5.09. The molecule has 0 heterocycles. The van der Waals surface area contributed by atoms with Gasteiger partial charge >= 0.3 is 0 Å². The lowest BCUT2D eigenvalue weighted by molar-refractivity contribution is 0.384. The van der Waals surface area contributed by atoms with Crippen molar-refractivity contribution in [3.05, 3.63) is 42.5 Å². The summed E-state index contributed by atoms with van der Waals surface area (Å²) in [6.07, 6.45) is 5.33. The summed E-state index contributed by atoms with van der Waals surface area (Å²) in [5.74, 6) is 0. The van der Waals surface area contributed by atoms with Crippen LogP contribution in [-0.2, 0) is 0 Å². The summed E-state index contributed by atoms with van der Waals surface area (Å²) in [4.78, 5) is 0. The first-order valence-electron chi connectivity index (χ1n) is 6.18. The number of nitrogens with one attached hydrogen (secondary N) is 1. The first-order chi connectivity index (χ1) is 7.70. The van der Waals surface area contributed by atoms with Gasteiger partial charge in [0.25, 0.3) is 0 Å². The molecule has 1 aromatic carbocycles. The van der Waals surface area contributed by atoms with Crippen LogP contribution in [0.15, 0.2) is 36.9 Å². The summed E-state index contributed by atoms with van der Waals surface area (Å²) in [6.45, 7) is 7.39. The lowest BCUT2D eigenvalue weighted by atomic mass is 9.99. The summed E-state index contributed by atoms with van der Waals surface area (Å²) < 4.78 is 0. The molecule has 0 unspecified atom stereocenters. The van der Waals surface area contributed by atoms with E-state index in [1.165, 1.54) is 36.8 Å². The topological polar surface area (TPSA) is 12.0 Å². The molecular weight excluding hydrogens is 194 g/mol. The highest BCUT2D eigenvalue weighted by Crippen LogP contribution is 2.29. The Morgan fingerprint density at radius 3 is 2.50 bits per heavy atom. The van der Waals surface area contributed by atoms with Crippen molar-refractivity contribution in [2.24, 2.45) is 0 Å². The monoisotopic (exact) mass is 215 g/mol. The molecule has 0 radical (unpaired) electrons. The molecule has 2 rings (SSSR count). The third-order valence-electron chi connectivity index (χ3n) is 3.62. The molecule has 0 aliphatic heterocycles. The van der Waals surface area contributed by atoms with Crippen LogP contribution in [-0.4, -0.2) is 12.1 Å². The van der Waals surface area contributed by atoms with Crippen LogP contribution in [0.25, 0.3) is 5.57 Å². The van der Waals surface area contributed by atoms with Crippen molar-refractivity contribution < 1.29 is 0 Å². The minimum absolute atomic E-state index is 0.345. The van der Waals surface area contributed by atoms with Crippen LogP contribution in [0.5, 0.6) is 0 Å². The second kappa shape index (κ2) is 4.84. The lowest BCUT2D eigenvalue weighted by Gasteiger charge is -2.26. The minimum atomic E-state index is 0.345. The van der Waals surface area contributed by atoms with Crippen molar-refractivity contribution in [1.29, 1.82) is 0 Å². The Morgan fingerprint density at radius 1 is 1.25 bits per heavy atom. The zero-order chi connectivity index (χ0) is 11.4. The largest absolute Gasteiger partial charge is 0.307 e. The van der Waals surface area contributed by atoms with Crippen LogP contribution in [0.4, 0.5) is 0 Å². The van der Waals surface area contributed by atoms with Crippen molar-refractivity contribution in [3.63, 3.8) is 0 Å². The Morgan fingerprint density at radius 2 is 1.88 bits per heavy atom. The predicted octanol–water partition coefficient (Wildman–Crippen LogP) is 3.62. The van der Waals surface area contributed by atoms with Crippen molar-refractivity contribution >= 4 is 5.57 Å². The zero-order valence-corrected chi connectivity index (χ0v) is 10.1. The molecule has 0 atom stereocenters. The maximum atomic E-state index is 4.15. The number of hydrogen-bond acceptors (Lipinski definition) is 1. The quantitative estimate of drug-likeness (QED) is 0.809.